The summed E-state index contributed by atoms with van der Waals surface area (Å²) in [5, 5.41) is 9.33. The quantitative estimate of drug-likeness (QED) is 0.640. The van der Waals surface area contributed by atoms with E-state index in [-0.39, 0.29) is 5.75 Å². The average Bonchev–Trinajstić information content (AvgIpc) is 2.53. The second kappa shape index (κ2) is 6.32. The summed E-state index contributed by atoms with van der Waals surface area (Å²) >= 11 is 0. The van der Waals surface area contributed by atoms with Crippen LogP contribution in [0.3, 0.4) is 0 Å². The zero-order valence-electron chi connectivity index (χ0n) is 12.6. The molecule has 0 bridgehead atoms. The van der Waals surface area contributed by atoms with Crippen LogP contribution in [0.15, 0.2) is 66.7 Å². The number of aromatic hydroxyl groups is 1. The monoisotopic (exact) mass is 306 g/mol. The molecule has 4 nitrogen and oxygen atoms in total. The number of phenolic OH excluding ortho intramolecular Hbond substituents is 1. The first-order valence-electron chi connectivity index (χ1n) is 7.27. The number of ether oxygens (including phenoxy) is 1. The highest BCUT2D eigenvalue weighted by Crippen LogP contribution is 2.25. The molecule has 23 heavy (non-hydrogen) atoms. The highest BCUT2D eigenvalue weighted by atomic mass is 16.5. The number of nitrogens with two attached hydrogens (primary N) is 2. The number of hydrogen-bond acceptors (Lipinski definition) is 4. The summed E-state index contributed by atoms with van der Waals surface area (Å²) in [6.07, 6.45) is 0. The van der Waals surface area contributed by atoms with E-state index < -0.39 is 0 Å². The largest absolute Gasteiger partial charge is 0.508 e. The van der Waals surface area contributed by atoms with Gasteiger partial charge in [0.25, 0.3) is 0 Å². The van der Waals surface area contributed by atoms with Gasteiger partial charge in [0.15, 0.2) is 0 Å². The third-order valence-corrected chi connectivity index (χ3v) is 3.50. The number of phenols is 1. The van der Waals surface area contributed by atoms with Crippen LogP contribution in [0.4, 0.5) is 11.4 Å². The van der Waals surface area contributed by atoms with Crippen molar-refractivity contribution in [3.8, 4) is 22.6 Å². The summed E-state index contributed by atoms with van der Waals surface area (Å²) < 4.78 is 5.76. The Morgan fingerprint density at radius 3 is 1.83 bits per heavy atom. The van der Waals surface area contributed by atoms with Crippen molar-refractivity contribution in [1.82, 2.24) is 0 Å². The van der Waals surface area contributed by atoms with Gasteiger partial charge in [0.1, 0.15) is 18.1 Å². The van der Waals surface area contributed by atoms with Gasteiger partial charge in [-0.15, -0.1) is 0 Å². The van der Waals surface area contributed by atoms with E-state index in [4.69, 9.17) is 16.2 Å². The molecule has 4 heteroatoms. The fourth-order valence-corrected chi connectivity index (χ4v) is 2.39. The van der Waals surface area contributed by atoms with Gasteiger partial charge >= 0.3 is 0 Å². The van der Waals surface area contributed by atoms with Crippen LogP contribution in [-0.4, -0.2) is 5.11 Å². The van der Waals surface area contributed by atoms with Gasteiger partial charge in [0, 0.05) is 11.4 Å². The Labute approximate surface area is 134 Å². The second-order valence-electron chi connectivity index (χ2n) is 5.37. The molecule has 0 aliphatic heterocycles. The van der Waals surface area contributed by atoms with E-state index in [1.54, 1.807) is 18.2 Å². The lowest BCUT2D eigenvalue weighted by atomic mass is 10.1. The molecule has 0 saturated carbocycles. The van der Waals surface area contributed by atoms with Gasteiger partial charge in [0.05, 0.1) is 0 Å². The first-order valence-corrected chi connectivity index (χ1v) is 7.27. The standard InChI is InChI=1S/C19H18N2O2/c20-16-9-13(10-17(21)11-16)12-23-19-7-3-15(4-8-19)14-1-5-18(22)6-2-14/h1-11,22H,12,20-21H2. The minimum atomic E-state index is 0.259. The van der Waals surface area contributed by atoms with Crippen LogP contribution in [0, 0.1) is 0 Å². The minimum Gasteiger partial charge on any atom is -0.508 e. The molecular formula is C19H18N2O2. The first-order chi connectivity index (χ1) is 11.1. The summed E-state index contributed by atoms with van der Waals surface area (Å²) in [5.74, 6) is 1.03. The van der Waals surface area contributed by atoms with Crippen molar-refractivity contribution in [1.29, 1.82) is 0 Å². The lowest BCUT2D eigenvalue weighted by Gasteiger charge is -2.09. The molecule has 0 spiro atoms. The minimum absolute atomic E-state index is 0.259. The Bertz CT molecular complexity index is 776. The molecule has 3 rings (SSSR count). The lowest BCUT2D eigenvalue weighted by Crippen LogP contribution is -1.98. The lowest BCUT2D eigenvalue weighted by molar-refractivity contribution is 0.306. The molecule has 0 aliphatic rings. The Morgan fingerprint density at radius 1 is 0.739 bits per heavy atom. The predicted molar refractivity (Wildman–Crippen MR) is 93.1 cm³/mol. The number of benzene rings is 3. The van der Waals surface area contributed by atoms with Crippen LogP contribution in [0.1, 0.15) is 5.56 Å². The Balaban J connectivity index is 1.69. The van der Waals surface area contributed by atoms with Crippen LogP contribution in [0.5, 0.6) is 11.5 Å². The van der Waals surface area contributed by atoms with Gasteiger partial charge in [-0.25, -0.2) is 0 Å². The van der Waals surface area contributed by atoms with Crippen molar-refractivity contribution < 1.29 is 9.84 Å². The van der Waals surface area contributed by atoms with E-state index in [0.29, 0.717) is 18.0 Å². The van der Waals surface area contributed by atoms with E-state index >= 15 is 0 Å². The SMILES string of the molecule is Nc1cc(N)cc(COc2ccc(-c3ccc(O)cc3)cc2)c1. The van der Waals surface area contributed by atoms with Gasteiger partial charge in [-0.1, -0.05) is 24.3 Å². The van der Waals surface area contributed by atoms with E-state index in [1.165, 1.54) is 0 Å². The predicted octanol–water partition coefficient (Wildman–Crippen LogP) is 3.80. The molecule has 0 atom stereocenters. The molecule has 3 aromatic carbocycles. The van der Waals surface area contributed by atoms with Crippen molar-refractivity contribution in [3.05, 3.63) is 72.3 Å². The molecule has 0 radical (unpaired) electrons. The van der Waals surface area contributed by atoms with E-state index in [0.717, 1.165) is 22.4 Å². The molecule has 0 aliphatic carbocycles. The number of rotatable bonds is 4. The second-order valence-corrected chi connectivity index (χ2v) is 5.37. The molecule has 0 heterocycles. The summed E-state index contributed by atoms with van der Waals surface area (Å²) in [4.78, 5) is 0. The maximum absolute atomic E-state index is 9.33. The van der Waals surface area contributed by atoms with Crippen molar-refractivity contribution in [2.24, 2.45) is 0 Å². The smallest absolute Gasteiger partial charge is 0.119 e. The summed E-state index contributed by atoms with van der Waals surface area (Å²) in [6, 6.07) is 20.3. The molecule has 0 unspecified atom stereocenters. The van der Waals surface area contributed by atoms with Crippen molar-refractivity contribution in [2.45, 2.75) is 6.61 Å². The van der Waals surface area contributed by atoms with Crippen molar-refractivity contribution >= 4 is 11.4 Å². The maximum Gasteiger partial charge on any atom is 0.119 e. The molecule has 0 saturated heterocycles. The zero-order chi connectivity index (χ0) is 16.2. The summed E-state index contributed by atoms with van der Waals surface area (Å²) in [5.41, 5.74) is 15.8. The van der Waals surface area contributed by atoms with Gasteiger partial charge in [-0.2, -0.15) is 0 Å². The molecule has 0 fully saturated rings. The fourth-order valence-electron chi connectivity index (χ4n) is 2.39. The van der Waals surface area contributed by atoms with Crippen LogP contribution in [0.25, 0.3) is 11.1 Å². The van der Waals surface area contributed by atoms with Gasteiger partial charge in [-0.05, 0) is 59.2 Å². The average molecular weight is 306 g/mol. The van der Waals surface area contributed by atoms with Gasteiger partial charge < -0.3 is 21.3 Å². The first kappa shape index (κ1) is 14.8. The number of nitrogen functional groups attached to an aromatic ring is 2. The third-order valence-electron chi connectivity index (χ3n) is 3.50. The third kappa shape index (κ3) is 3.74. The van der Waals surface area contributed by atoms with E-state index in [2.05, 4.69) is 0 Å². The molecule has 0 amide bonds. The van der Waals surface area contributed by atoms with Gasteiger partial charge in [-0.3, -0.25) is 0 Å². The Hall–Kier alpha value is -3.14. The Morgan fingerprint density at radius 2 is 1.26 bits per heavy atom. The summed E-state index contributed by atoms with van der Waals surface area (Å²) in [6.45, 7) is 0.411. The number of anilines is 2. The van der Waals surface area contributed by atoms with Crippen LogP contribution >= 0.6 is 0 Å². The molecule has 3 aromatic rings. The van der Waals surface area contributed by atoms with Crippen LogP contribution < -0.4 is 16.2 Å². The van der Waals surface area contributed by atoms with Crippen LogP contribution in [0.2, 0.25) is 0 Å². The highest BCUT2D eigenvalue weighted by molar-refractivity contribution is 5.64. The maximum atomic E-state index is 9.33. The highest BCUT2D eigenvalue weighted by Gasteiger charge is 2.01. The van der Waals surface area contributed by atoms with E-state index in [1.807, 2.05) is 48.5 Å². The van der Waals surface area contributed by atoms with Gasteiger partial charge in [0.2, 0.25) is 0 Å². The zero-order valence-corrected chi connectivity index (χ0v) is 12.6. The molecule has 5 N–H and O–H groups in total. The topological polar surface area (TPSA) is 81.5 Å². The Kier molecular flexibility index (Phi) is 4.06. The molecule has 116 valence electrons. The molecule has 0 aromatic heterocycles. The van der Waals surface area contributed by atoms with E-state index in [9.17, 15) is 5.11 Å². The van der Waals surface area contributed by atoms with Crippen LogP contribution in [-0.2, 0) is 6.61 Å². The normalized spacial score (nSPS) is 10.4. The number of hydrogen-bond donors (Lipinski definition) is 3. The molecular weight excluding hydrogens is 288 g/mol. The fraction of sp³-hybridized carbons (Fsp3) is 0.0526. The van der Waals surface area contributed by atoms with Crippen molar-refractivity contribution in [3.63, 3.8) is 0 Å². The van der Waals surface area contributed by atoms with Crippen molar-refractivity contribution in [2.75, 3.05) is 11.5 Å². The summed E-state index contributed by atoms with van der Waals surface area (Å²) in [7, 11) is 0.